The average Bonchev–Trinajstić information content (AvgIpc) is 3.04. The van der Waals surface area contributed by atoms with E-state index in [9.17, 15) is 35.9 Å². The molecule has 4 heterocycles. The van der Waals surface area contributed by atoms with E-state index in [0.717, 1.165) is 31.7 Å². The maximum absolute atomic E-state index is 13.7. The molecule has 2 aromatic carbocycles. The van der Waals surface area contributed by atoms with Gasteiger partial charge in [-0.1, -0.05) is 30.3 Å². The minimum atomic E-state index is -5.04. The monoisotopic (exact) mass is 660 g/mol. The van der Waals surface area contributed by atoms with Crippen LogP contribution in [-0.4, -0.2) is 105 Å². The summed E-state index contributed by atoms with van der Waals surface area (Å²) in [7, 11) is 0. The van der Waals surface area contributed by atoms with E-state index in [2.05, 4.69) is 19.8 Å². The third-order valence-corrected chi connectivity index (χ3v) is 9.41. The van der Waals surface area contributed by atoms with Crippen LogP contribution in [0, 0.1) is 0 Å². The molecule has 0 N–H and O–H groups in total. The van der Waals surface area contributed by atoms with Gasteiger partial charge in [0.1, 0.15) is 5.69 Å². The number of carbonyl (C=O) groups excluding carboxylic acids is 2. The second kappa shape index (κ2) is 13.2. The van der Waals surface area contributed by atoms with Crippen LogP contribution in [0.5, 0.6) is 0 Å². The van der Waals surface area contributed by atoms with Crippen LogP contribution in [0.3, 0.4) is 0 Å². The predicted octanol–water partition coefficient (Wildman–Crippen LogP) is 4.87. The SMILES string of the molecule is O=C(c1cnccn1)N1CC(N2CCN(C3CCN(C(=O)c4cc(C(F)(F)F)cc(C(F)(F)F)c4)[C@H](Cc4ccccc4)C3)CC2)C1. The Hall–Kier alpha value is -4.04. The third-order valence-electron chi connectivity index (χ3n) is 9.41. The van der Waals surface area contributed by atoms with Crippen molar-refractivity contribution in [3.63, 3.8) is 0 Å². The number of piperidine rings is 1. The van der Waals surface area contributed by atoms with Crippen LogP contribution in [0.15, 0.2) is 67.1 Å². The van der Waals surface area contributed by atoms with Gasteiger partial charge in [0.15, 0.2) is 0 Å². The molecule has 0 aliphatic carbocycles. The fourth-order valence-corrected chi connectivity index (χ4v) is 6.84. The molecule has 14 heteroatoms. The van der Waals surface area contributed by atoms with E-state index in [1.165, 1.54) is 23.5 Å². The van der Waals surface area contributed by atoms with Gasteiger partial charge in [0.05, 0.1) is 17.3 Å². The number of halogens is 6. The van der Waals surface area contributed by atoms with Crippen molar-refractivity contribution in [1.29, 1.82) is 0 Å². The lowest BCUT2D eigenvalue weighted by atomic mass is 9.90. The van der Waals surface area contributed by atoms with E-state index in [0.29, 0.717) is 50.2 Å². The van der Waals surface area contributed by atoms with Crippen LogP contribution in [0.1, 0.15) is 50.4 Å². The molecule has 47 heavy (non-hydrogen) atoms. The zero-order valence-electron chi connectivity index (χ0n) is 25.4. The lowest BCUT2D eigenvalue weighted by Crippen LogP contribution is -2.65. The summed E-state index contributed by atoms with van der Waals surface area (Å²) in [6.07, 6.45) is -4.11. The molecule has 0 bridgehead atoms. The number of likely N-dealkylation sites (tertiary alicyclic amines) is 2. The van der Waals surface area contributed by atoms with Gasteiger partial charge in [-0.25, -0.2) is 4.98 Å². The van der Waals surface area contributed by atoms with Gasteiger partial charge in [-0.15, -0.1) is 0 Å². The first-order valence-electron chi connectivity index (χ1n) is 15.5. The highest BCUT2D eigenvalue weighted by atomic mass is 19.4. The molecule has 2 atom stereocenters. The highest BCUT2D eigenvalue weighted by Crippen LogP contribution is 2.37. The Morgan fingerprint density at radius 3 is 1.96 bits per heavy atom. The van der Waals surface area contributed by atoms with Crippen LogP contribution in [0.2, 0.25) is 0 Å². The molecule has 0 saturated carbocycles. The molecule has 8 nitrogen and oxygen atoms in total. The average molecular weight is 661 g/mol. The number of hydrogen-bond acceptors (Lipinski definition) is 6. The Balaban J connectivity index is 1.12. The fraction of sp³-hybridized carbons (Fsp3) is 0.455. The van der Waals surface area contributed by atoms with Crippen LogP contribution < -0.4 is 0 Å². The van der Waals surface area contributed by atoms with Crippen LogP contribution >= 0.6 is 0 Å². The number of piperazine rings is 1. The highest BCUT2D eigenvalue weighted by Gasteiger charge is 2.41. The van der Waals surface area contributed by atoms with Gasteiger partial charge in [0, 0.05) is 81.9 Å². The summed E-state index contributed by atoms with van der Waals surface area (Å²) in [5.41, 5.74) is -2.39. The van der Waals surface area contributed by atoms with Crippen molar-refractivity contribution in [1.82, 2.24) is 29.6 Å². The predicted molar refractivity (Wildman–Crippen MR) is 159 cm³/mol. The standard InChI is InChI=1S/C33H34F6N6O2/c34-32(35,36)24-15-23(16-25(17-24)33(37,38)39)30(46)45-9-6-26(18-27(45)14-22-4-2-1-3-5-22)42-10-12-43(13-11-42)28-20-44(21-28)31(47)29-19-40-7-8-41-29/h1-5,7-8,15-17,19,26-28H,6,9-14,18,20-21H2/t26?,27-/m1/s1. The second-order valence-corrected chi connectivity index (χ2v) is 12.3. The summed E-state index contributed by atoms with van der Waals surface area (Å²) in [4.78, 5) is 42.3. The number of benzene rings is 2. The normalized spacial score (nSPS) is 21.8. The summed E-state index contributed by atoms with van der Waals surface area (Å²) in [5.74, 6) is -0.977. The Kier molecular flexibility index (Phi) is 9.25. The summed E-state index contributed by atoms with van der Waals surface area (Å²) in [5, 5.41) is 0. The Labute approximate surface area is 268 Å². The number of amides is 2. The molecule has 3 fully saturated rings. The van der Waals surface area contributed by atoms with Gasteiger partial charge in [-0.05, 0) is 43.0 Å². The van der Waals surface area contributed by atoms with Gasteiger partial charge < -0.3 is 9.80 Å². The number of alkyl halides is 6. The number of hydrogen-bond donors (Lipinski definition) is 0. The summed E-state index contributed by atoms with van der Waals surface area (Å²) in [6.45, 7) is 4.57. The van der Waals surface area contributed by atoms with Crippen molar-refractivity contribution in [2.24, 2.45) is 0 Å². The molecule has 1 aromatic heterocycles. The molecule has 3 aliphatic rings. The molecule has 6 rings (SSSR count). The van der Waals surface area contributed by atoms with E-state index in [-0.39, 0.29) is 30.6 Å². The Bertz CT molecular complexity index is 1530. The number of aromatic nitrogens is 2. The minimum absolute atomic E-state index is 0.0427. The molecular weight excluding hydrogens is 626 g/mol. The molecule has 2 amide bonds. The molecule has 1 unspecified atom stereocenters. The van der Waals surface area contributed by atoms with E-state index < -0.39 is 41.0 Å². The van der Waals surface area contributed by atoms with Gasteiger partial charge in [0.25, 0.3) is 11.8 Å². The number of nitrogens with zero attached hydrogens (tertiary/aromatic N) is 6. The third kappa shape index (κ3) is 7.43. The zero-order valence-corrected chi connectivity index (χ0v) is 25.4. The molecule has 3 saturated heterocycles. The summed E-state index contributed by atoms with van der Waals surface area (Å²) < 4.78 is 81.4. The molecular formula is C33H34F6N6O2. The van der Waals surface area contributed by atoms with Crippen LogP contribution in [0.4, 0.5) is 26.3 Å². The zero-order chi connectivity index (χ0) is 33.3. The lowest BCUT2D eigenvalue weighted by Gasteiger charge is -2.50. The maximum Gasteiger partial charge on any atom is 0.416 e. The number of carbonyl (C=O) groups is 2. The van der Waals surface area contributed by atoms with Crippen LogP contribution in [0.25, 0.3) is 0 Å². The maximum atomic E-state index is 13.7. The fourth-order valence-electron chi connectivity index (χ4n) is 6.84. The van der Waals surface area contributed by atoms with Crippen molar-refractivity contribution in [2.75, 3.05) is 45.8 Å². The van der Waals surface area contributed by atoms with E-state index in [1.807, 2.05) is 30.3 Å². The Morgan fingerprint density at radius 1 is 0.766 bits per heavy atom. The quantitative estimate of drug-likeness (QED) is 0.352. The van der Waals surface area contributed by atoms with Crippen molar-refractivity contribution in [3.05, 3.63) is 95.1 Å². The second-order valence-electron chi connectivity index (χ2n) is 12.3. The summed E-state index contributed by atoms with van der Waals surface area (Å²) >= 11 is 0. The first kappa shape index (κ1) is 32.9. The Morgan fingerprint density at radius 2 is 1.38 bits per heavy atom. The smallest absolute Gasteiger partial charge is 0.335 e. The van der Waals surface area contributed by atoms with Crippen molar-refractivity contribution in [3.8, 4) is 0 Å². The largest absolute Gasteiger partial charge is 0.416 e. The molecule has 3 aliphatic heterocycles. The highest BCUT2D eigenvalue weighted by molar-refractivity contribution is 5.95. The topological polar surface area (TPSA) is 72.9 Å². The van der Waals surface area contributed by atoms with E-state index in [4.69, 9.17) is 0 Å². The van der Waals surface area contributed by atoms with Gasteiger partial charge in [0.2, 0.25) is 0 Å². The van der Waals surface area contributed by atoms with Gasteiger partial charge >= 0.3 is 12.4 Å². The summed E-state index contributed by atoms with van der Waals surface area (Å²) in [6, 6.07) is 10.4. The van der Waals surface area contributed by atoms with Gasteiger partial charge in [-0.2, -0.15) is 26.3 Å². The van der Waals surface area contributed by atoms with E-state index in [1.54, 1.807) is 4.90 Å². The molecule has 0 radical (unpaired) electrons. The van der Waals surface area contributed by atoms with Crippen molar-refractivity contribution < 1.29 is 35.9 Å². The number of rotatable bonds is 6. The van der Waals surface area contributed by atoms with Crippen LogP contribution in [-0.2, 0) is 18.8 Å². The van der Waals surface area contributed by atoms with Crippen molar-refractivity contribution in [2.45, 2.75) is 49.7 Å². The molecule has 0 spiro atoms. The minimum Gasteiger partial charge on any atom is -0.335 e. The first-order valence-corrected chi connectivity index (χ1v) is 15.5. The van der Waals surface area contributed by atoms with E-state index >= 15 is 0 Å². The molecule has 250 valence electrons. The lowest BCUT2D eigenvalue weighted by molar-refractivity contribution is -0.143. The van der Waals surface area contributed by atoms with Gasteiger partial charge in [-0.3, -0.25) is 24.4 Å². The molecule has 3 aromatic rings. The first-order chi connectivity index (χ1) is 22.4. The van der Waals surface area contributed by atoms with Crippen molar-refractivity contribution >= 4 is 11.8 Å².